The topological polar surface area (TPSA) is 37.3 Å². The molecule has 0 spiro atoms. The molecule has 3 nitrogen and oxygen atoms in total. The van der Waals surface area contributed by atoms with Crippen LogP contribution >= 0.6 is 23.1 Å². The van der Waals surface area contributed by atoms with Crippen LogP contribution in [0.4, 0.5) is 0 Å². The molecule has 0 saturated heterocycles. The van der Waals surface area contributed by atoms with Gasteiger partial charge in [0.1, 0.15) is 5.01 Å². The van der Waals surface area contributed by atoms with E-state index < -0.39 is 0 Å². The lowest BCUT2D eigenvalue weighted by atomic mass is 10.2. The van der Waals surface area contributed by atoms with Crippen molar-refractivity contribution in [3.63, 3.8) is 0 Å². The molecule has 1 aliphatic heterocycles. The Hall–Kier alpha value is -0.550. The summed E-state index contributed by atoms with van der Waals surface area (Å²) in [6.45, 7) is 7.53. The Balaban J connectivity index is 1.86. The van der Waals surface area contributed by atoms with E-state index in [4.69, 9.17) is 0 Å². The summed E-state index contributed by atoms with van der Waals surface area (Å²) < 4.78 is 0. The van der Waals surface area contributed by atoms with Crippen molar-refractivity contribution in [1.29, 1.82) is 0 Å². The van der Waals surface area contributed by atoms with Crippen molar-refractivity contribution in [3.8, 4) is 0 Å². The number of nitrogens with zero attached hydrogens (tertiary/aromatic N) is 2. The van der Waals surface area contributed by atoms with Gasteiger partial charge in [-0.3, -0.25) is 4.99 Å². The normalized spacial score (nSPS) is 20.8. The summed E-state index contributed by atoms with van der Waals surface area (Å²) in [5.41, 5.74) is 0. The highest BCUT2D eigenvalue weighted by molar-refractivity contribution is 8.14. The number of thioether (sulfide) groups is 1. The highest BCUT2D eigenvalue weighted by Crippen LogP contribution is 2.26. The predicted molar refractivity (Wildman–Crippen MR) is 81.6 cm³/mol. The Bertz CT molecular complexity index is 414. The molecular weight excluding hydrogens is 262 g/mol. The quantitative estimate of drug-likeness (QED) is 0.896. The average Bonchev–Trinajstić information content (AvgIpc) is 2.98. The molecule has 0 amide bonds. The average molecular weight is 283 g/mol. The van der Waals surface area contributed by atoms with E-state index in [1.807, 2.05) is 18.0 Å². The summed E-state index contributed by atoms with van der Waals surface area (Å²) in [7, 11) is 0. The zero-order valence-electron chi connectivity index (χ0n) is 11.3. The van der Waals surface area contributed by atoms with E-state index in [1.54, 1.807) is 11.3 Å². The van der Waals surface area contributed by atoms with E-state index in [-0.39, 0.29) is 6.04 Å². The van der Waals surface area contributed by atoms with E-state index in [0.29, 0.717) is 5.25 Å². The molecule has 0 fully saturated rings. The Morgan fingerprint density at radius 1 is 1.50 bits per heavy atom. The largest absolute Gasteiger partial charge is 0.356 e. The Morgan fingerprint density at radius 2 is 2.33 bits per heavy atom. The summed E-state index contributed by atoms with van der Waals surface area (Å²) >= 11 is 3.68. The van der Waals surface area contributed by atoms with Gasteiger partial charge >= 0.3 is 0 Å². The number of aliphatic imine (C=N–C) groups is 1. The molecule has 0 radical (unpaired) electrons. The fourth-order valence-electron chi connectivity index (χ4n) is 1.90. The van der Waals surface area contributed by atoms with E-state index in [9.17, 15) is 0 Å². The van der Waals surface area contributed by atoms with Crippen LogP contribution in [0, 0.1) is 0 Å². The van der Waals surface area contributed by atoms with Gasteiger partial charge in [-0.15, -0.1) is 11.3 Å². The van der Waals surface area contributed by atoms with Crippen LogP contribution in [0.1, 0.15) is 49.5 Å². The molecule has 2 atom stereocenters. The van der Waals surface area contributed by atoms with Gasteiger partial charge in [-0.2, -0.15) is 0 Å². The first-order valence-electron chi connectivity index (χ1n) is 6.65. The van der Waals surface area contributed by atoms with Gasteiger partial charge in [0.25, 0.3) is 0 Å². The molecule has 5 heteroatoms. The Kier molecular flexibility index (Phi) is 5.06. The molecule has 1 aliphatic rings. The zero-order valence-corrected chi connectivity index (χ0v) is 12.9. The molecule has 0 bridgehead atoms. The van der Waals surface area contributed by atoms with Crippen LogP contribution < -0.4 is 5.32 Å². The second-order valence-corrected chi connectivity index (χ2v) is 6.99. The molecule has 1 aromatic rings. The van der Waals surface area contributed by atoms with Crippen molar-refractivity contribution < 1.29 is 0 Å². The molecule has 2 unspecified atom stereocenters. The van der Waals surface area contributed by atoms with Crippen molar-refractivity contribution in [2.24, 2.45) is 4.99 Å². The molecule has 18 heavy (non-hydrogen) atoms. The third kappa shape index (κ3) is 3.48. The molecule has 0 saturated carbocycles. The third-order valence-corrected chi connectivity index (χ3v) is 5.47. The van der Waals surface area contributed by atoms with E-state index in [2.05, 4.69) is 36.1 Å². The molecule has 100 valence electrons. The van der Waals surface area contributed by atoms with E-state index >= 15 is 0 Å². The van der Waals surface area contributed by atoms with Gasteiger partial charge < -0.3 is 5.32 Å². The van der Waals surface area contributed by atoms with Crippen LogP contribution in [0.3, 0.4) is 0 Å². The molecule has 2 rings (SSSR count). The first kappa shape index (κ1) is 13.9. The van der Waals surface area contributed by atoms with Gasteiger partial charge in [0.2, 0.25) is 0 Å². The highest BCUT2D eigenvalue weighted by Gasteiger charge is 2.21. The number of hydrogen-bond acceptors (Lipinski definition) is 5. The van der Waals surface area contributed by atoms with E-state index in [1.165, 1.54) is 17.7 Å². The fourth-order valence-corrected chi connectivity index (χ4v) is 3.97. The maximum Gasteiger partial charge on any atom is 0.157 e. The van der Waals surface area contributed by atoms with Crippen molar-refractivity contribution in [1.82, 2.24) is 10.3 Å². The lowest BCUT2D eigenvalue weighted by Gasteiger charge is -2.12. The van der Waals surface area contributed by atoms with Crippen LogP contribution in [0.2, 0.25) is 0 Å². The van der Waals surface area contributed by atoms with Gasteiger partial charge in [0.05, 0.1) is 12.6 Å². The monoisotopic (exact) mass is 283 g/mol. The van der Waals surface area contributed by atoms with Gasteiger partial charge in [0.15, 0.2) is 5.17 Å². The minimum atomic E-state index is 0.266. The number of aromatic nitrogens is 1. The molecule has 2 heterocycles. The predicted octanol–water partition coefficient (Wildman–Crippen LogP) is 3.63. The number of amidine groups is 1. The van der Waals surface area contributed by atoms with E-state index in [0.717, 1.165) is 23.1 Å². The minimum Gasteiger partial charge on any atom is -0.356 e. The maximum atomic E-state index is 4.57. The first-order valence-corrected chi connectivity index (χ1v) is 8.34. The summed E-state index contributed by atoms with van der Waals surface area (Å²) in [6, 6.07) is 0.266. The van der Waals surface area contributed by atoms with Crippen LogP contribution in [-0.2, 0) is 6.42 Å². The molecular formula is C13H21N3S2. The molecule has 1 N–H and O–H groups in total. The summed E-state index contributed by atoms with van der Waals surface area (Å²) in [5, 5.41) is 6.41. The number of hydrogen-bond donors (Lipinski definition) is 1. The summed E-state index contributed by atoms with van der Waals surface area (Å²) in [4.78, 5) is 10.4. The number of aryl methyl sites for hydroxylation is 1. The highest BCUT2D eigenvalue weighted by atomic mass is 32.2. The van der Waals surface area contributed by atoms with Gasteiger partial charge in [-0.1, -0.05) is 32.0 Å². The van der Waals surface area contributed by atoms with Crippen molar-refractivity contribution in [2.75, 3.05) is 6.54 Å². The van der Waals surface area contributed by atoms with Crippen LogP contribution in [0.25, 0.3) is 0 Å². The number of thiazole rings is 1. The SMILES string of the molecule is CCCC1CN=C(NC(C)c2ncc(CC)s2)S1. The maximum absolute atomic E-state index is 4.57. The molecule has 0 aromatic carbocycles. The van der Waals surface area contributed by atoms with Gasteiger partial charge in [-0.25, -0.2) is 4.98 Å². The Labute approximate surface area is 118 Å². The second-order valence-electron chi connectivity index (χ2n) is 4.56. The molecule has 0 aliphatic carbocycles. The van der Waals surface area contributed by atoms with Gasteiger partial charge in [0, 0.05) is 16.3 Å². The number of rotatable bonds is 5. The minimum absolute atomic E-state index is 0.266. The number of nitrogens with one attached hydrogen (secondary N) is 1. The van der Waals surface area contributed by atoms with Crippen molar-refractivity contribution in [2.45, 2.75) is 51.3 Å². The smallest absolute Gasteiger partial charge is 0.157 e. The Morgan fingerprint density at radius 3 is 3.00 bits per heavy atom. The van der Waals surface area contributed by atoms with Crippen molar-refractivity contribution >= 4 is 28.3 Å². The van der Waals surface area contributed by atoms with Crippen molar-refractivity contribution in [3.05, 3.63) is 16.1 Å². The standard InChI is InChI=1S/C13H21N3S2/c1-4-6-11-8-15-13(18-11)16-9(3)12-14-7-10(5-2)17-12/h7,9,11H,4-6,8H2,1-3H3,(H,15,16). The summed E-state index contributed by atoms with van der Waals surface area (Å²) in [5.74, 6) is 0. The molecule has 1 aromatic heterocycles. The van der Waals surface area contributed by atoms with Crippen LogP contribution in [0.15, 0.2) is 11.2 Å². The zero-order chi connectivity index (χ0) is 13.0. The lowest BCUT2D eigenvalue weighted by Crippen LogP contribution is -2.23. The van der Waals surface area contributed by atoms with Gasteiger partial charge in [-0.05, 0) is 19.8 Å². The van der Waals surface area contributed by atoms with Crippen LogP contribution in [-0.4, -0.2) is 21.9 Å². The van der Waals surface area contributed by atoms with Crippen LogP contribution in [0.5, 0.6) is 0 Å². The fraction of sp³-hybridized carbons (Fsp3) is 0.692. The summed E-state index contributed by atoms with van der Waals surface area (Å²) in [6.07, 6.45) is 5.55. The second kappa shape index (κ2) is 6.57. The first-order chi connectivity index (χ1) is 8.72. The third-order valence-electron chi connectivity index (χ3n) is 2.96. The lowest BCUT2D eigenvalue weighted by molar-refractivity contribution is 0.714.